The molecule has 0 aliphatic rings. The Morgan fingerprint density at radius 1 is 1.60 bits per heavy atom. The van der Waals surface area contributed by atoms with Crippen molar-refractivity contribution in [2.45, 2.75) is 19.3 Å². The number of carboxylic acid groups (broad SMARTS) is 1. The van der Waals surface area contributed by atoms with Crippen molar-refractivity contribution in [1.29, 1.82) is 5.26 Å². The van der Waals surface area contributed by atoms with Gasteiger partial charge in [-0.15, -0.1) is 0 Å². The molecule has 0 aliphatic carbocycles. The van der Waals surface area contributed by atoms with Gasteiger partial charge in [0.05, 0.1) is 12.0 Å². The van der Waals surface area contributed by atoms with Crippen molar-refractivity contribution in [2.24, 2.45) is 0 Å². The fourth-order valence-electron chi connectivity index (χ4n) is 1.34. The van der Waals surface area contributed by atoms with Crippen LogP contribution in [0.25, 0.3) is 0 Å². The molecular formula is C11H11NO3. The molecule has 1 atom stereocenters. The van der Waals surface area contributed by atoms with E-state index in [9.17, 15) is 4.79 Å². The third-order valence-electron chi connectivity index (χ3n) is 2.06. The van der Waals surface area contributed by atoms with Crippen LogP contribution in [0.1, 0.15) is 24.8 Å². The summed E-state index contributed by atoms with van der Waals surface area (Å²) in [5, 5.41) is 17.4. The van der Waals surface area contributed by atoms with Crippen molar-refractivity contribution in [3.05, 3.63) is 29.8 Å². The summed E-state index contributed by atoms with van der Waals surface area (Å²) in [5.74, 6) is -0.0982. The van der Waals surface area contributed by atoms with E-state index in [1.54, 1.807) is 24.3 Å². The van der Waals surface area contributed by atoms with E-state index in [2.05, 4.69) is 10.8 Å². The molecule has 1 aromatic rings. The average molecular weight is 205 g/mol. The topological polar surface area (TPSA) is 70.3 Å². The molecule has 0 aromatic heterocycles. The van der Waals surface area contributed by atoms with E-state index >= 15 is 0 Å². The van der Waals surface area contributed by atoms with Crippen LogP contribution in [0.15, 0.2) is 24.3 Å². The van der Waals surface area contributed by atoms with E-state index in [4.69, 9.17) is 10.4 Å². The molecule has 4 heteroatoms. The number of para-hydroxylation sites is 1. The predicted octanol–water partition coefficient (Wildman–Crippen LogP) is 2.76. The van der Waals surface area contributed by atoms with Crippen LogP contribution in [0.2, 0.25) is 0 Å². The van der Waals surface area contributed by atoms with E-state index in [1.807, 2.05) is 6.92 Å². The second-order valence-electron chi connectivity index (χ2n) is 3.00. The summed E-state index contributed by atoms with van der Waals surface area (Å²) in [4.78, 5) is 10.4. The lowest BCUT2D eigenvalue weighted by molar-refractivity contribution is 0.144. The van der Waals surface area contributed by atoms with Crippen molar-refractivity contribution in [2.75, 3.05) is 0 Å². The molecule has 0 aliphatic heterocycles. The normalized spacial score (nSPS) is 11.5. The SMILES string of the molecule is CCC(C#N)c1ccccc1OC(=O)O. The Balaban J connectivity index is 3.06. The predicted molar refractivity (Wildman–Crippen MR) is 53.7 cm³/mol. The highest BCUT2D eigenvalue weighted by atomic mass is 16.7. The molecule has 0 heterocycles. The van der Waals surface area contributed by atoms with Gasteiger partial charge in [0.1, 0.15) is 5.75 Å². The van der Waals surface area contributed by atoms with E-state index in [0.29, 0.717) is 12.0 Å². The number of hydrogen-bond donors (Lipinski definition) is 1. The van der Waals surface area contributed by atoms with Crippen LogP contribution in [0, 0.1) is 11.3 Å². The smallest absolute Gasteiger partial charge is 0.449 e. The first kappa shape index (κ1) is 11.1. The number of carbonyl (C=O) groups is 1. The molecular weight excluding hydrogens is 194 g/mol. The Morgan fingerprint density at radius 2 is 2.27 bits per heavy atom. The monoisotopic (exact) mass is 205 g/mol. The second kappa shape index (κ2) is 5.01. The average Bonchev–Trinajstić information content (AvgIpc) is 2.21. The van der Waals surface area contributed by atoms with Crippen molar-refractivity contribution in [3.63, 3.8) is 0 Å². The Bertz CT molecular complexity index is 395. The summed E-state index contributed by atoms with van der Waals surface area (Å²) >= 11 is 0. The summed E-state index contributed by atoms with van der Waals surface area (Å²) in [6.07, 6.45) is -0.744. The molecule has 1 rings (SSSR count). The summed E-state index contributed by atoms with van der Waals surface area (Å²) in [7, 11) is 0. The Hall–Kier alpha value is -2.02. The molecule has 0 radical (unpaired) electrons. The van der Waals surface area contributed by atoms with Gasteiger partial charge in [0.25, 0.3) is 0 Å². The van der Waals surface area contributed by atoms with Gasteiger partial charge in [-0.2, -0.15) is 5.26 Å². The number of nitriles is 1. The van der Waals surface area contributed by atoms with E-state index in [-0.39, 0.29) is 11.7 Å². The van der Waals surface area contributed by atoms with E-state index in [1.165, 1.54) is 0 Å². The summed E-state index contributed by atoms with van der Waals surface area (Å²) in [6.45, 7) is 1.87. The third-order valence-corrected chi connectivity index (χ3v) is 2.06. The zero-order valence-electron chi connectivity index (χ0n) is 8.30. The summed E-state index contributed by atoms with van der Waals surface area (Å²) in [6, 6.07) is 8.78. The lowest BCUT2D eigenvalue weighted by Crippen LogP contribution is -2.06. The van der Waals surface area contributed by atoms with Crippen LogP contribution in [-0.2, 0) is 0 Å². The number of benzene rings is 1. The van der Waals surface area contributed by atoms with Crippen molar-refractivity contribution in [3.8, 4) is 11.8 Å². The van der Waals surface area contributed by atoms with Crippen molar-refractivity contribution >= 4 is 6.16 Å². The minimum atomic E-state index is -1.37. The third kappa shape index (κ3) is 2.71. The highest BCUT2D eigenvalue weighted by Crippen LogP contribution is 2.28. The fraction of sp³-hybridized carbons (Fsp3) is 0.273. The summed E-state index contributed by atoms with van der Waals surface area (Å²) in [5.41, 5.74) is 0.616. The minimum absolute atomic E-state index is 0.235. The molecule has 0 bridgehead atoms. The molecule has 1 aromatic carbocycles. The highest BCUT2D eigenvalue weighted by molar-refractivity contribution is 5.62. The standard InChI is InChI=1S/C11H11NO3/c1-2-8(7-12)9-5-3-4-6-10(9)15-11(13)14/h3-6,8H,2H2,1H3,(H,13,14). The molecule has 0 fully saturated rings. The van der Waals surface area contributed by atoms with Crippen LogP contribution in [-0.4, -0.2) is 11.3 Å². The fourth-order valence-corrected chi connectivity index (χ4v) is 1.34. The number of hydrogen-bond acceptors (Lipinski definition) is 3. The Labute approximate surface area is 87.7 Å². The number of nitrogens with zero attached hydrogens (tertiary/aromatic N) is 1. The molecule has 1 unspecified atom stereocenters. The van der Waals surface area contributed by atoms with Crippen LogP contribution < -0.4 is 4.74 Å². The van der Waals surface area contributed by atoms with E-state index in [0.717, 1.165) is 0 Å². The highest BCUT2D eigenvalue weighted by Gasteiger charge is 2.15. The Kier molecular flexibility index (Phi) is 3.69. The first-order valence-corrected chi connectivity index (χ1v) is 4.58. The van der Waals surface area contributed by atoms with Crippen LogP contribution in [0.4, 0.5) is 4.79 Å². The molecule has 4 nitrogen and oxygen atoms in total. The second-order valence-corrected chi connectivity index (χ2v) is 3.00. The molecule has 1 N–H and O–H groups in total. The van der Waals surface area contributed by atoms with Gasteiger partial charge in [0.15, 0.2) is 0 Å². The maximum atomic E-state index is 10.4. The maximum absolute atomic E-state index is 10.4. The van der Waals surface area contributed by atoms with Crippen LogP contribution >= 0.6 is 0 Å². The van der Waals surface area contributed by atoms with Gasteiger partial charge in [0, 0.05) is 5.56 Å². The van der Waals surface area contributed by atoms with Gasteiger partial charge in [0.2, 0.25) is 0 Å². The molecule has 0 saturated heterocycles. The van der Waals surface area contributed by atoms with Gasteiger partial charge >= 0.3 is 6.16 Å². The largest absolute Gasteiger partial charge is 0.511 e. The van der Waals surface area contributed by atoms with Crippen molar-refractivity contribution in [1.82, 2.24) is 0 Å². The molecule has 78 valence electrons. The zero-order chi connectivity index (χ0) is 11.3. The number of rotatable bonds is 3. The zero-order valence-corrected chi connectivity index (χ0v) is 8.30. The first-order chi connectivity index (χ1) is 7.19. The lowest BCUT2D eigenvalue weighted by Gasteiger charge is -2.10. The quantitative estimate of drug-likeness (QED) is 0.608. The first-order valence-electron chi connectivity index (χ1n) is 4.58. The van der Waals surface area contributed by atoms with Crippen LogP contribution in [0.3, 0.4) is 0 Å². The van der Waals surface area contributed by atoms with Crippen LogP contribution in [0.5, 0.6) is 5.75 Å². The minimum Gasteiger partial charge on any atom is -0.449 e. The van der Waals surface area contributed by atoms with Gasteiger partial charge < -0.3 is 9.84 Å². The van der Waals surface area contributed by atoms with Gasteiger partial charge in [-0.25, -0.2) is 4.79 Å². The van der Waals surface area contributed by atoms with Gasteiger partial charge in [-0.3, -0.25) is 0 Å². The van der Waals surface area contributed by atoms with Crippen molar-refractivity contribution < 1.29 is 14.6 Å². The maximum Gasteiger partial charge on any atom is 0.511 e. The molecule has 0 amide bonds. The summed E-state index contributed by atoms with van der Waals surface area (Å²) < 4.78 is 4.60. The van der Waals surface area contributed by atoms with Gasteiger partial charge in [-0.1, -0.05) is 25.1 Å². The Morgan fingerprint density at radius 3 is 2.80 bits per heavy atom. The van der Waals surface area contributed by atoms with E-state index < -0.39 is 6.16 Å². The molecule has 0 saturated carbocycles. The van der Waals surface area contributed by atoms with Gasteiger partial charge in [-0.05, 0) is 12.5 Å². The number of ether oxygens (including phenoxy) is 1. The molecule has 15 heavy (non-hydrogen) atoms. The molecule has 0 spiro atoms. The lowest BCUT2D eigenvalue weighted by atomic mass is 9.97.